The van der Waals surface area contributed by atoms with Gasteiger partial charge >= 0.3 is 0 Å². The predicted molar refractivity (Wildman–Crippen MR) is 93.3 cm³/mol. The Bertz CT molecular complexity index is 810. The molecule has 1 fully saturated rings. The molecule has 0 unspecified atom stereocenters. The van der Waals surface area contributed by atoms with Crippen molar-refractivity contribution in [3.8, 4) is 5.69 Å². The van der Waals surface area contributed by atoms with Crippen molar-refractivity contribution in [2.75, 3.05) is 13.1 Å². The first-order valence-electron chi connectivity index (χ1n) is 8.59. The summed E-state index contributed by atoms with van der Waals surface area (Å²) in [6.45, 7) is 4.31. The van der Waals surface area contributed by atoms with Crippen LogP contribution in [0.4, 0.5) is 0 Å². The minimum Gasteiger partial charge on any atom is -0.391 e. The van der Waals surface area contributed by atoms with Crippen molar-refractivity contribution in [2.45, 2.75) is 26.0 Å². The average Bonchev–Trinajstić information content (AvgIpc) is 3.32. The molecule has 0 saturated carbocycles. The zero-order chi connectivity index (χ0) is 17.2. The van der Waals surface area contributed by atoms with E-state index in [0.717, 1.165) is 36.7 Å². The van der Waals surface area contributed by atoms with Gasteiger partial charge in [0.05, 0.1) is 17.5 Å². The van der Waals surface area contributed by atoms with E-state index in [1.807, 2.05) is 29.9 Å². The summed E-state index contributed by atoms with van der Waals surface area (Å²) in [5, 5.41) is 18.5. The Balaban J connectivity index is 1.37. The molecule has 1 aliphatic heterocycles. The highest BCUT2D eigenvalue weighted by atomic mass is 16.5. The highest BCUT2D eigenvalue weighted by molar-refractivity contribution is 5.33. The summed E-state index contributed by atoms with van der Waals surface area (Å²) in [5.74, 6) is 1.04. The van der Waals surface area contributed by atoms with Gasteiger partial charge in [0.2, 0.25) is 0 Å². The molecule has 6 nitrogen and oxygen atoms in total. The van der Waals surface area contributed by atoms with E-state index in [0.29, 0.717) is 6.54 Å². The van der Waals surface area contributed by atoms with Crippen LogP contribution < -0.4 is 0 Å². The first kappa shape index (κ1) is 16.1. The number of aromatic nitrogens is 3. The molecule has 130 valence electrons. The number of aliphatic hydroxyl groups is 1. The third kappa shape index (κ3) is 3.65. The van der Waals surface area contributed by atoms with Gasteiger partial charge in [0.25, 0.3) is 0 Å². The predicted octanol–water partition coefficient (Wildman–Crippen LogP) is 2.20. The molecule has 3 aromatic rings. The van der Waals surface area contributed by atoms with Crippen molar-refractivity contribution in [1.82, 2.24) is 19.8 Å². The number of aliphatic hydroxyl groups excluding tert-OH is 1. The maximum atomic E-state index is 10.4. The summed E-state index contributed by atoms with van der Waals surface area (Å²) < 4.78 is 7.13. The van der Waals surface area contributed by atoms with Crippen LogP contribution in [0.3, 0.4) is 0 Å². The van der Waals surface area contributed by atoms with Crippen molar-refractivity contribution in [3.63, 3.8) is 0 Å². The normalized spacial score (nSPS) is 21.0. The Kier molecular flexibility index (Phi) is 4.38. The van der Waals surface area contributed by atoms with Gasteiger partial charge < -0.3 is 9.63 Å². The van der Waals surface area contributed by atoms with Crippen LogP contribution in [0.1, 0.15) is 17.0 Å². The number of hydrogen-bond acceptors (Lipinski definition) is 5. The summed E-state index contributed by atoms with van der Waals surface area (Å²) in [6.07, 6.45) is 4.11. The number of aryl methyl sites for hydroxylation is 1. The molecule has 0 amide bonds. The second kappa shape index (κ2) is 6.82. The third-order valence-electron chi connectivity index (χ3n) is 4.73. The smallest absolute Gasteiger partial charge is 0.137 e. The first-order chi connectivity index (χ1) is 12.2. The molecule has 0 spiro atoms. The monoisotopic (exact) mass is 338 g/mol. The van der Waals surface area contributed by atoms with Crippen molar-refractivity contribution in [1.29, 1.82) is 0 Å². The van der Waals surface area contributed by atoms with Gasteiger partial charge in [0.15, 0.2) is 0 Å². The standard InChI is InChI=1S/C19H22N4O2/c1-14-9-18(25-21-14)10-16-12-22(13-19(16)24)11-15-3-5-17(6-4-15)23-8-2-7-20-23/h2-9,16,19,24H,10-13H2,1H3/t16-,19-/m1/s1. The number of hydrogen-bond donors (Lipinski definition) is 1. The number of rotatable bonds is 5. The van der Waals surface area contributed by atoms with E-state index < -0.39 is 0 Å². The Labute approximate surface area is 146 Å². The molecule has 0 radical (unpaired) electrons. The van der Waals surface area contributed by atoms with Crippen LogP contribution in [-0.4, -0.2) is 44.1 Å². The summed E-state index contributed by atoms with van der Waals surface area (Å²) in [7, 11) is 0. The summed E-state index contributed by atoms with van der Waals surface area (Å²) in [6, 6.07) is 12.2. The maximum Gasteiger partial charge on any atom is 0.137 e. The van der Waals surface area contributed by atoms with Crippen LogP contribution >= 0.6 is 0 Å². The molecule has 1 aromatic carbocycles. The lowest BCUT2D eigenvalue weighted by molar-refractivity contribution is 0.137. The van der Waals surface area contributed by atoms with E-state index in [1.54, 1.807) is 6.20 Å². The molecule has 0 bridgehead atoms. The molecule has 6 heteroatoms. The van der Waals surface area contributed by atoms with Gasteiger partial charge in [-0.1, -0.05) is 17.3 Å². The lowest BCUT2D eigenvalue weighted by Crippen LogP contribution is -2.21. The molecular weight excluding hydrogens is 316 g/mol. The zero-order valence-corrected chi connectivity index (χ0v) is 14.2. The first-order valence-corrected chi connectivity index (χ1v) is 8.59. The molecule has 1 saturated heterocycles. The van der Waals surface area contributed by atoms with E-state index >= 15 is 0 Å². The highest BCUT2D eigenvalue weighted by Crippen LogP contribution is 2.23. The lowest BCUT2D eigenvalue weighted by atomic mass is 10.0. The van der Waals surface area contributed by atoms with Gasteiger partial charge in [-0.3, -0.25) is 4.90 Å². The molecule has 0 aliphatic carbocycles. The SMILES string of the molecule is Cc1cc(C[C@@H]2CN(Cc3ccc(-n4cccn4)cc3)C[C@H]2O)on1. The lowest BCUT2D eigenvalue weighted by Gasteiger charge is -2.15. The fourth-order valence-corrected chi connectivity index (χ4v) is 3.48. The van der Waals surface area contributed by atoms with E-state index in [9.17, 15) is 5.11 Å². The van der Waals surface area contributed by atoms with Crippen LogP contribution in [-0.2, 0) is 13.0 Å². The van der Waals surface area contributed by atoms with Gasteiger partial charge in [-0.15, -0.1) is 0 Å². The third-order valence-corrected chi connectivity index (χ3v) is 4.73. The number of benzene rings is 1. The molecule has 1 aliphatic rings. The minimum atomic E-state index is -0.325. The largest absolute Gasteiger partial charge is 0.391 e. The Hall–Kier alpha value is -2.44. The van der Waals surface area contributed by atoms with Gasteiger partial charge in [-0.25, -0.2) is 4.68 Å². The van der Waals surface area contributed by atoms with E-state index in [4.69, 9.17) is 4.52 Å². The molecule has 3 heterocycles. The molecule has 2 atom stereocenters. The van der Waals surface area contributed by atoms with Crippen LogP contribution in [0.2, 0.25) is 0 Å². The second-order valence-corrected chi connectivity index (χ2v) is 6.78. The van der Waals surface area contributed by atoms with Crippen molar-refractivity contribution < 1.29 is 9.63 Å². The van der Waals surface area contributed by atoms with Crippen LogP contribution in [0.15, 0.2) is 53.3 Å². The van der Waals surface area contributed by atoms with Crippen molar-refractivity contribution in [2.24, 2.45) is 5.92 Å². The maximum absolute atomic E-state index is 10.4. The Morgan fingerprint density at radius 2 is 2.08 bits per heavy atom. The van der Waals surface area contributed by atoms with E-state index in [-0.39, 0.29) is 12.0 Å². The van der Waals surface area contributed by atoms with E-state index in [1.165, 1.54) is 5.56 Å². The van der Waals surface area contributed by atoms with Gasteiger partial charge in [-0.2, -0.15) is 5.10 Å². The van der Waals surface area contributed by atoms with Crippen molar-refractivity contribution in [3.05, 3.63) is 65.8 Å². The van der Waals surface area contributed by atoms with Crippen LogP contribution in [0.25, 0.3) is 5.69 Å². The average molecular weight is 338 g/mol. The molecular formula is C19H22N4O2. The van der Waals surface area contributed by atoms with Gasteiger partial charge in [-0.05, 0) is 30.7 Å². The molecule has 1 N–H and O–H groups in total. The second-order valence-electron chi connectivity index (χ2n) is 6.78. The number of β-amino-alcohol motifs (C(OH)–C–C–N with tert-alkyl or cyclic N) is 1. The molecule has 2 aromatic heterocycles. The topological polar surface area (TPSA) is 67.3 Å². The fraction of sp³-hybridized carbons (Fsp3) is 0.368. The summed E-state index contributed by atoms with van der Waals surface area (Å²) in [4.78, 5) is 2.29. The number of nitrogens with zero attached hydrogens (tertiary/aromatic N) is 4. The van der Waals surface area contributed by atoms with Crippen LogP contribution in [0, 0.1) is 12.8 Å². The van der Waals surface area contributed by atoms with Gasteiger partial charge in [0.1, 0.15) is 5.76 Å². The zero-order valence-electron chi connectivity index (χ0n) is 14.2. The highest BCUT2D eigenvalue weighted by Gasteiger charge is 2.32. The fourth-order valence-electron chi connectivity index (χ4n) is 3.48. The van der Waals surface area contributed by atoms with Crippen LogP contribution in [0.5, 0.6) is 0 Å². The Morgan fingerprint density at radius 1 is 1.24 bits per heavy atom. The van der Waals surface area contributed by atoms with Crippen molar-refractivity contribution >= 4 is 0 Å². The van der Waals surface area contributed by atoms with E-state index in [2.05, 4.69) is 39.4 Å². The minimum absolute atomic E-state index is 0.190. The number of likely N-dealkylation sites (tertiary alicyclic amines) is 1. The summed E-state index contributed by atoms with van der Waals surface area (Å²) in [5.41, 5.74) is 3.17. The molecule has 25 heavy (non-hydrogen) atoms. The molecule has 4 rings (SSSR count). The Morgan fingerprint density at radius 3 is 2.76 bits per heavy atom. The summed E-state index contributed by atoms with van der Waals surface area (Å²) >= 11 is 0. The quantitative estimate of drug-likeness (QED) is 0.772. The van der Waals surface area contributed by atoms with Gasteiger partial charge in [0, 0.05) is 50.4 Å².